The molecule has 0 saturated heterocycles. The molecule has 3 nitrogen and oxygen atoms in total. The molecule has 0 saturated carbocycles. The summed E-state index contributed by atoms with van der Waals surface area (Å²) < 4.78 is 5.00. The largest absolute Gasteiger partial charge is 0.445 e. The van der Waals surface area contributed by atoms with Gasteiger partial charge in [-0.1, -0.05) is 39.1 Å². The van der Waals surface area contributed by atoms with Gasteiger partial charge < -0.3 is 4.74 Å². The first-order chi connectivity index (χ1) is 7.51. The Hall–Kier alpha value is -0.450. The van der Waals surface area contributed by atoms with Crippen molar-refractivity contribution in [3.05, 3.63) is 28.2 Å². The number of hydrogen-bond acceptors (Lipinski definition) is 2. The molecule has 1 aromatic carbocycles. The van der Waals surface area contributed by atoms with Crippen molar-refractivity contribution in [1.29, 1.82) is 0 Å². The van der Waals surface area contributed by atoms with Gasteiger partial charge in [-0.3, -0.25) is 5.32 Å². The van der Waals surface area contributed by atoms with Crippen LogP contribution in [0.15, 0.2) is 18.2 Å². The van der Waals surface area contributed by atoms with E-state index in [9.17, 15) is 4.79 Å². The molecule has 0 aliphatic heterocycles. The SMILES string of the molecule is CC(CBr)OC(=O)Nc1cc(Cl)cc(Cl)c1. The lowest BCUT2D eigenvalue weighted by molar-refractivity contribution is 0.132. The van der Waals surface area contributed by atoms with Crippen LogP contribution in [-0.4, -0.2) is 17.5 Å². The Balaban J connectivity index is 2.62. The number of amides is 1. The molecule has 0 aliphatic rings. The number of nitrogens with one attached hydrogen (secondary N) is 1. The van der Waals surface area contributed by atoms with Gasteiger partial charge >= 0.3 is 6.09 Å². The van der Waals surface area contributed by atoms with Crippen molar-refractivity contribution in [3.63, 3.8) is 0 Å². The molecule has 1 N–H and O–H groups in total. The van der Waals surface area contributed by atoms with Gasteiger partial charge in [-0.25, -0.2) is 4.79 Å². The molecule has 6 heteroatoms. The van der Waals surface area contributed by atoms with Crippen LogP contribution >= 0.6 is 39.1 Å². The number of halogens is 3. The van der Waals surface area contributed by atoms with E-state index < -0.39 is 6.09 Å². The van der Waals surface area contributed by atoms with Gasteiger partial charge in [0.25, 0.3) is 0 Å². The standard InChI is InChI=1S/C10H10BrCl2NO2/c1-6(5-11)16-10(15)14-9-3-7(12)2-8(13)4-9/h2-4,6H,5H2,1H3,(H,14,15). The zero-order valence-electron chi connectivity index (χ0n) is 8.47. The third kappa shape index (κ3) is 4.60. The van der Waals surface area contributed by atoms with E-state index in [-0.39, 0.29) is 6.10 Å². The molecule has 1 aromatic rings. The lowest BCUT2D eigenvalue weighted by Crippen LogP contribution is -2.21. The molecular formula is C10H10BrCl2NO2. The van der Waals surface area contributed by atoms with E-state index in [1.54, 1.807) is 25.1 Å². The fourth-order valence-electron chi connectivity index (χ4n) is 0.988. The predicted octanol–water partition coefficient (Wildman–Crippen LogP) is 4.33. The summed E-state index contributed by atoms with van der Waals surface area (Å²) >= 11 is 14.8. The number of rotatable bonds is 3. The van der Waals surface area contributed by atoms with Crippen molar-refractivity contribution < 1.29 is 9.53 Å². The van der Waals surface area contributed by atoms with Gasteiger partial charge in [0.15, 0.2) is 0 Å². The smallest absolute Gasteiger partial charge is 0.411 e. The fourth-order valence-corrected chi connectivity index (χ4v) is 1.65. The van der Waals surface area contributed by atoms with Crippen LogP contribution in [0.4, 0.5) is 10.5 Å². The average molecular weight is 327 g/mol. The minimum atomic E-state index is -0.537. The molecule has 0 fully saturated rings. The van der Waals surface area contributed by atoms with Crippen LogP contribution in [0, 0.1) is 0 Å². The summed E-state index contributed by atoms with van der Waals surface area (Å²) in [5.41, 5.74) is 0.504. The maximum absolute atomic E-state index is 11.4. The lowest BCUT2D eigenvalue weighted by Gasteiger charge is -2.11. The summed E-state index contributed by atoms with van der Waals surface area (Å²) in [6, 6.07) is 4.77. The molecule has 0 aliphatic carbocycles. The maximum Gasteiger partial charge on any atom is 0.411 e. The highest BCUT2D eigenvalue weighted by molar-refractivity contribution is 9.09. The summed E-state index contributed by atoms with van der Waals surface area (Å²) in [4.78, 5) is 11.4. The van der Waals surface area contributed by atoms with Gasteiger partial charge in [-0.15, -0.1) is 0 Å². The number of carbonyl (C=O) groups is 1. The van der Waals surface area contributed by atoms with Crippen molar-refractivity contribution in [2.75, 3.05) is 10.6 Å². The highest BCUT2D eigenvalue weighted by Crippen LogP contribution is 2.22. The normalized spacial score (nSPS) is 12.0. The molecule has 1 rings (SSSR count). The number of alkyl halides is 1. The summed E-state index contributed by atoms with van der Waals surface area (Å²) in [5, 5.41) is 4.03. The van der Waals surface area contributed by atoms with Crippen molar-refractivity contribution in [2.45, 2.75) is 13.0 Å². The van der Waals surface area contributed by atoms with E-state index in [0.717, 1.165) is 0 Å². The molecule has 0 spiro atoms. The molecule has 16 heavy (non-hydrogen) atoms. The third-order valence-corrected chi connectivity index (χ3v) is 2.98. The van der Waals surface area contributed by atoms with Crippen molar-refractivity contribution in [2.24, 2.45) is 0 Å². The van der Waals surface area contributed by atoms with Gasteiger partial charge in [0.1, 0.15) is 6.10 Å². The van der Waals surface area contributed by atoms with Gasteiger partial charge in [0, 0.05) is 21.1 Å². The van der Waals surface area contributed by atoms with E-state index in [1.807, 2.05) is 0 Å². The Labute approximate surface area is 112 Å². The zero-order valence-corrected chi connectivity index (χ0v) is 11.6. The van der Waals surface area contributed by atoms with Crippen LogP contribution in [0.1, 0.15) is 6.92 Å². The van der Waals surface area contributed by atoms with Gasteiger partial charge in [0.2, 0.25) is 0 Å². The molecular weight excluding hydrogens is 317 g/mol. The maximum atomic E-state index is 11.4. The first-order valence-electron chi connectivity index (χ1n) is 4.51. The van der Waals surface area contributed by atoms with Crippen LogP contribution < -0.4 is 5.32 Å². The predicted molar refractivity (Wildman–Crippen MR) is 69.8 cm³/mol. The highest BCUT2D eigenvalue weighted by Gasteiger charge is 2.08. The van der Waals surface area contributed by atoms with E-state index in [1.165, 1.54) is 0 Å². The monoisotopic (exact) mass is 325 g/mol. The lowest BCUT2D eigenvalue weighted by atomic mass is 10.3. The fraction of sp³-hybridized carbons (Fsp3) is 0.300. The van der Waals surface area contributed by atoms with E-state index in [4.69, 9.17) is 27.9 Å². The quantitative estimate of drug-likeness (QED) is 0.840. The first kappa shape index (κ1) is 13.6. The molecule has 1 amide bonds. The number of anilines is 1. The summed E-state index contributed by atoms with van der Waals surface area (Å²) in [7, 11) is 0. The van der Waals surface area contributed by atoms with Gasteiger partial charge in [-0.05, 0) is 25.1 Å². The molecule has 1 atom stereocenters. The number of carbonyl (C=O) groups excluding carboxylic acids is 1. The van der Waals surface area contributed by atoms with Gasteiger partial charge in [0.05, 0.1) is 0 Å². The first-order valence-corrected chi connectivity index (χ1v) is 6.38. The van der Waals surface area contributed by atoms with Crippen LogP contribution in [0.5, 0.6) is 0 Å². The van der Waals surface area contributed by atoms with Crippen molar-refractivity contribution >= 4 is 50.9 Å². The van der Waals surface area contributed by atoms with Crippen LogP contribution in [0.25, 0.3) is 0 Å². The molecule has 1 unspecified atom stereocenters. The summed E-state index contributed by atoms with van der Waals surface area (Å²) in [6.07, 6.45) is -0.736. The number of hydrogen-bond donors (Lipinski definition) is 1. The minimum absolute atomic E-state index is 0.199. The minimum Gasteiger partial charge on any atom is -0.445 e. The van der Waals surface area contributed by atoms with Gasteiger partial charge in [-0.2, -0.15) is 0 Å². The van der Waals surface area contributed by atoms with Crippen LogP contribution in [0.2, 0.25) is 10.0 Å². The third-order valence-electron chi connectivity index (χ3n) is 1.63. The Morgan fingerprint density at radius 1 is 1.44 bits per heavy atom. The molecule has 0 heterocycles. The zero-order chi connectivity index (χ0) is 12.1. The van der Waals surface area contributed by atoms with Crippen molar-refractivity contribution in [1.82, 2.24) is 0 Å². The Bertz CT molecular complexity index is 367. The highest BCUT2D eigenvalue weighted by atomic mass is 79.9. The second-order valence-electron chi connectivity index (χ2n) is 3.15. The number of ether oxygens (including phenoxy) is 1. The Morgan fingerprint density at radius 2 is 2.00 bits per heavy atom. The summed E-state index contributed by atoms with van der Waals surface area (Å²) in [5.74, 6) is 0. The molecule has 88 valence electrons. The Kier molecular flexibility index (Phi) is 5.38. The average Bonchev–Trinajstić information content (AvgIpc) is 2.15. The van der Waals surface area contributed by atoms with E-state index in [0.29, 0.717) is 21.1 Å². The molecule has 0 aromatic heterocycles. The van der Waals surface area contributed by atoms with Crippen LogP contribution in [0.3, 0.4) is 0 Å². The van der Waals surface area contributed by atoms with E-state index in [2.05, 4.69) is 21.2 Å². The Morgan fingerprint density at radius 3 is 2.50 bits per heavy atom. The van der Waals surface area contributed by atoms with Crippen molar-refractivity contribution in [3.8, 4) is 0 Å². The number of benzene rings is 1. The van der Waals surface area contributed by atoms with E-state index >= 15 is 0 Å². The summed E-state index contributed by atoms with van der Waals surface area (Å²) in [6.45, 7) is 1.78. The second kappa shape index (κ2) is 6.33. The molecule has 0 bridgehead atoms. The van der Waals surface area contributed by atoms with Crippen LogP contribution in [-0.2, 0) is 4.74 Å². The topological polar surface area (TPSA) is 38.3 Å². The second-order valence-corrected chi connectivity index (χ2v) is 4.67. The molecule has 0 radical (unpaired) electrons.